The van der Waals surface area contributed by atoms with Crippen LogP contribution in [0.25, 0.3) is 0 Å². The van der Waals surface area contributed by atoms with Gasteiger partial charge in [0.05, 0.1) is 24.2 Å². The molecule has 3 aromatic rings. The molecule has 0 N–H and O–H groups in total. The van der Waals surface area contributed by atoms with E-state index >= 15 is 0 Å². The molecule has 2 heterocycles. The fraction of sp³-hybridized carbons (Fsp3) is 0.292. The van der Waals surface area contributed by atoms with Gasteiger partial charge in [0.2, 0.25) is 0 Å². The normalized spacial score (nSPS) is 13.0. The topological polar surface area (TPSA) is 87.1 Å². The lowest BCUT2D eigenvalue weighted by atomic mass is 10.1. The zero-order chi connectivity index (χ0) is 23.8. The molecule has 0 atom stereocenters. The Bertz CT molecular complexity index is 1300. The van der Waals surface area contributed by atoms with Gasteiger partial charge in [-0.25, -0.2) is 8.42 Å². The van der Waals surface area contributed by atoms with Crippen molar-refractivity contribution in [2.24, 2.45) is 7.05 Å². The minimum absolute atomic E-state index is 0.0105. The molecule has 174 valence electrons. The predicted molar refractivity (Wildman–Crippen MR) is 124 cm³/mol. The summed E-state index contributed by atoms with van der Waals surface area (Å²) in [4.78, 5) is 13.3. The van der Waals surface area contributed by atoms with Crippen molar-refractivity contribution in [3.05, 3.63) is 65.5 Å². The van der Waals surface area contributed by atoms with Crippen LogP contribution < -0.4 is 18.5 Å². The third kappa shape index (κ3) is 4.28. The summed E-state index contributed by atoms with van der Waals surface area (Å²) in [5.74, 6) is 1.13. The number of aryl methyl sites for hydroxylation is 1. The van der Waals surface area contributed by atoms with Gasteiger partial charge >= 0.3 is 0 Å². The van der Waals surface area contributed by atoms with Crippen molar-refractivity contribution in [3.63, 3.8) is 0 Å². The van der Waals surface area contributed by atoms with E-state index < -0.39 is 10.0 Å². The second-order valence-corrected chi connectivity index (χ2v) is 9.64. The highest BCUT2D eigenvalue weighted by molar-refractivity contribution is 7.92. The van der Waals surface area contributed by atoms with E-state index in [-0.39, 0.29) is 17.2 Å². The SMILES string of the molecule is COc1ccc(N(CC(=O)c2cc(C)n(C)c2C)S(=O)(=O)c2ccc3c(c2)OCCO3)cc1. The molecule has 0 fully saturated rings. The Kier molecular flexibility index (Phi) is 6.07. The van der Waals surface area contributed by atoms with Gasteiger partial charge in [0.15, 0.2) is 17.3 Å². The van der Waals surface area contributed by atoms with Crippen molar-refractivity contribution in [2.75, 3.05) is 31.2 Å². The van der Waals surface area contributed by atoms with Crippen molar-refractivity contribution in [1.82, 2.24) is 4.57 Å². The maximum absolute atomic E-state index is 13.7. The number of sulfonamides is 1. The van der Waals surface area contributed by atoms with Crippen LogP contribution in [0.3, 0.4) is 0 Å². The number of methoxy groups -OCH3 is 1. The third-order valence-electron chi connectivity index (χ3n) is 5.82. The average molecular weight is 471 g/mol. The Hall–Kier alpha value is -3.46. The maximum Gasteiger partial charge on any atom is 0.264 e. The standard InChI is InChI=1S/C24H26N2O6S/c1-16-13-21(17(2)25(16)3)22(27)15-26(18-5-7-19(30-4)8-6-18)33(28,29)20-9-10-23-24(14-20)32-12-11-31-23/h5-10,13-14H,11-12,15H2,1-4H3. The highest BCUT2D eigenvalue weighted by Gasteiger charge is 2.30. The van der Waals surface area contributed by atoms with Crippen molar-refractivity contribution in [1.29, 1.82) is 0 Å². The Morgan fingerprint density at radius 3 is 2.30 bits per heavy atom. The minimum atomic E-state index is -4.10. The molecular formula is C24H26N2O6S. The van der Waals surface area contributed by atoms with Crippen molar-refractivity contribution >= 4 is 21.5 Å². The van der Waals surface area contributed by atoms with E-state index in [9.17, 15) is 13.2 Å². The van der Waals surface area contributed by atoms with Gasteiger partial charge in [-0.15, -0.1) is 0 Å². The van der Waals surface area contributed by atoms with E-state index in [1.54, 1.807) is 36.4 Å². The minimum Gasteiger partial charge on any atom is -0.497 e. The lowest BCUT2D eigenvalue weighted by Gasteiger charge is -2.25. The Labute approximate surface area is 193 Å². The van der Waals surface area contributed by atoms with E-state index in [4.69, 9.17) is 14.2 Å². The summed E-state index contributed by atoms with van der Waals surface area (Å²) < 4.78 is 46.8. The lowest BCUT2D eigenvalue weighted by molar-refractivity contribution is 0.100. The number of hydrogen-bond acceptors (Lipinski definition) is 6. The van der Waals surface area contributed by atoms with Crippen LogP contribution in [0.2, 0.25) is 0 Å². The Morgan fingerprint density at radius 2 is 1.70 bits per heavy atom. The highest BCUT2D eigenvalue weighted by Crippen LogP contribution is 2.34. The van der Waals surface area contributed by atoms with Crippen molar-refractivity contribution in [3.8, 4) is 17.2 Å². The Balaban J connectivity index is 1.76. The fourth-order valence-electron chi connectivity index (χ4n) is 3.73. The molecule has 0 radical (unpaired) electrons. The number of carbonyl (C=O) groups excluding carboxylic acids is 1. The van der Waals surface area contributed by atoms with Crippen molar-refractivity contribution < 1.29 is 27.4 Å². The number of fused-ring (bicyclic) bond motifs is 1. The van der Waals surface area contributed by atoms with Crippen LogP contribution in [-0.4, -0.2) is 45.6 Å². The molecule has 0 aliphatic carbocycles. The van der Waals surface area contributed by atoms with Gasteiger partial charge in [-0.3, -0.25) is 9.10 Å². The molecule has 0 spiro atoms. The highest BCUT2D eigenvalue weighted by atomic mass is 32.2. The number of rotatable bonds is 7. The second kappa shape index (κ2) is 8.82. The number of hydrogen-bond donors (Lipinski definition) is 0. The smallest absolute Gasteiger partial charge is 0.264 e. The van der Waals surface area contributed by atoms with E-state index in [0.29, 0.717) is 41.7 Å². The molecule has 1 aliphatic rings. The molecule has 1 aromatic heterocycles. The molecule has 0 saturated carbocycles. The molecule has 8 nitrogen and oxygen atoms in total. The molecule has 2 aromatic carbocycles. The van der Waals surface area contributed by atoms with E-state index in [1.807, 2.05) is 25.5 Å². The number of nitrogens with zero attached hydrogens (tertiary/aromatic N) is 2. The Morgan fingerprint density at radius 1 is 1.03 bits per heavy atom. The quantitative estimate of drug-likeness (QED) is 0.491. The molecule has 0 saturated heterocycles. The van der Waals surface area contributed by atoms with Crippen LogP contribution in [0.5, 0.6) is 17.2 Å². The summed E-state index contributed by atoms with van der Waals surface area (Å²) in [7, 11) is -0.697. The number of anilines is 1. The molecule has 33 heavy (non-hydrogen) atoms. The largest absolute Gasteiger partial charge is 0.497 e. The van der Waals surface area contributed by atoms with Gasteiger partial charge in [0.25, 0.3) is 10.0 Å². The van der Waals surface area contributed by atoms with Crippen LogP contribution >= 0.6 is 0 Å². The number of ketones is 1. The van der Waals surface area contributed by atoms with Gasteiger partial charge in [0, 0.05) is 30.1 Å². The van der Waals surface area contributed by atoms with Gasteiger partial charge in [-0.2, -0.15) is 0 Å². The number of Topliss-reactive ketones (excluding diaryl/α,β-unsaturated/α-hetero) is 1. The third-order valence-corrected chi connectivity index (χ3v) is 7.59. The van der Waals surface area contributed by atoms with Gasteiger partial charge in [0.1, 0.15) is 19.0 Å². The number of carbonyl (C=O) groups is 1. The van der Waals surface area contributed by atoms with E-state index in [0.717, 1.165) is 15.7 Å². The summed E-state index contributed by atoms with van der Waals surface area (Å²) in [5, 5.41) is 0. The van der Waals surface area contributed by atoms with Crippen LogP contribution in [-0.2, 0) is 17.1 Å². The monoisotopic (exact) mass is 470 g/mol. The first-order valence-electron chi connectivity index (χ1n) is 10.4. The van der Waals surface area contributed by atoms with Crippen molar-refractivity contribution in [2.45, 2.75) is 18.7 Å². The van der Waals surface area contributed by atoms with Crippen LogP contribution in [0.4, 0.5) is 5.69 Å². The second-order valence-electron chi connectivity index (χ2n) is 7.78. The first kappa shape index (κ1) is 22.7. The molecule has 0 amide bonds. The zero-order valence-electron chi connectivity index (χ0n) is 19.0. The number of ether oxygens (including phenoxy) is 3. The molecule has 4 rings (SSSR count). The maximum atomic E-state index is 13.7. The fourth-order valence-corrected chi connectivity index (χ4v) is 5.17. The summed E-state index contributed by atoms with van der Waals surface area (Å²) in [6.07, 6.45) is 0. The number of aromatic nitrogens is 1. The molecular weight excluding hydrogens is 444 g/mol. The molecule has 1 aliphatic heterocycles. The summed E-state index contributed by atoms with van der Waals surface area (Å²) >= 11 is 0. The summed E-state index contributed by atoms with van der Waals surface area (Å²) in [5.41, 5.74) is 2.54. The number of benzene rings is 2. The van der Waals surface area contributed by atoms with Crippen LogP contribution in [0.15, 0.2) is 53.4 Å². The first-order chi connectivity index (χ1) is 15.7. The van der Waals surface area contributed by atoms with E-state index in [2.05, 4.69) is 0 Å². The van der Waals surface area contributed by atoms with Gasteiger partial charge in [-0.05, 0) is 56.3 Å². The van der Waals surface area contributed by atoms with Crippen LogP contribution in [0.1, 0.15) is 21.7 Å². The van der Waals surface area contributed by atoms with Gasteiger partial charge in [-0.1, -0.05) is 0 Å². The predicted octanol–water partition coefficient (Wildman–Crippen LogP) is 3.50. The lowest BCUT2D eigenvalue weighted by Crippen LogP contribution is -2.36. The average Bonchev–Trinajstić information content (AvgIpc) is 3.09. The summed E-state index contributed by atoms with van der Waals surface area (Å²) in [6.45, 7) is 4.13. The van der Waals surface area contributed by atoms with E-state index in [1.165, 1.54) is 19.2 Å². The molecule has 0 unspecified atom stereocenters. The van der Waals surface area contributed by atoms with Crippen LogP contribution in [0, 0.1) is 13.8 Å². The first-order valence-corrected chi connectivity index (χ1v) is 11.9. The van der Waals surface area contributed by atoms with Gasteiger partial charge < -0.3 is 18.8 Å². The molecule has 0 bridgehead atoms. The summed E-state index contributed by atoms with van der Waals surface area (Å²) in [6, 6.07) is 12.8. The zero-order valence-corrected chi connectivity index (χ0v) is 19.8. The molecule has 9 heteroatoms.